The Kier molecular flexibility index (Phi) is 12.8. The number of alkyl halides is 6. The first-order valence-electron chi connectivity index (χ1n) is 18.2. The summed E-state index contributed by atoms with van der Waals surface area (Å²) in [5.74, 6) is -6.38. The van der Waals surface area contributed by atoms with Crippen molar-refractivity contribution in [1.29, 1.82) is 0 Å². The normalized spacial score (nSPS) is 18.8. The molecule has 2 fully saturated rings. The number of nitrogens with one attached hydrogen (secondary N) is 1. The molecule has 5 heterocycles. The molecule has 3 aliphatic heterocycles. The second kappa shape index (κ2) is 16.9. The number of aromatic hydroxyl groups is 1. The lowest BCUT2D eigenvalue weighted by atomic mass is 9.90. The maximum atomic E-state index is 16.8. The van der Waals surface area contributed by atoms with Gasteiger partial charge in [0.2, 0.25) is 5.91 Å². The van der Waals surface area contributed by atoms with Crippen LogP contribution in [0.15, 0.2) is 30.5 Å². The van der Waals surface area contributed by atoms with E-state index in [1.165, 1.54) is 18.2 Å². The zero-order valence-corrected chi connectivity index (χ0v) is 31.9. The monoisotopic (exact) mass is 844 g/mol. The summed E-state index contributed by atoms with van der Waals surface area (Å²) in [7, 11) is 4.06. The average molecular weight is 845 g/mol. The number of aliphatic carboxylic acids is 2. The Labute approximate surface area is 331 Å². The van der Waals surface area contributed by atoms with Gasteiger partial charge < -0.3 is 35.2 Å². The van der Waals surface area contributed by atoms with Crippen molar-refractivity contribution in [3.05, 3.63) is 47.7 Å². The van der Waals surface area contributed by atoms with Crippen molar-refractivity contribution in [2.45, 2.75) is 69.8 Å². The van der Waals surface area contributed by atoms with Crippen LogP contribution in [0.5, 0.6) is 11.8 Å². The summed E-state index contributed by atoms with van der Waals surface area (Å²) in [4.78, 5) is 49.1. The molecule has 13 nitrogen and oxygen atoms in total. The largest absolute Gasteiger partial charge is 0.508 e. The molecule has 21 heteroatoms. The number of pyridine rings is 1. The number of hydrogen-bond donors (Lipinski definition) is 4. The van der Waals surface area contributed by atoms with E-state index in [9.17, 15) is 36.2 Å². The van der Waals surface area contributed by atoms with Gasteiger partial charge in [0, 0.05) is 43.2 Å². The average Bonchev–Trinajstić information content (AvgIpc) is 3.89. The lowest BCUT2D eigenvalue weighted by Crippen LogP contribution is -2.57. The van der Waals surface area contributed by atoms with Gasteiger partial charge in [-0.15, -0.1) is 0 Å². The molecule has 0 radical (unpaired) electrons. The number of aromatic nitrogens is 3. The van der Waals surface area contributed by atoms with E-state index >= 15 is 8.78 Å². The van der Waals surface area contributed by atoms with Gasteiger partial charge in [-0.05, 0) is 94.1 Å². The van der Waals surface area contributed by atoms with Crippen LogP contribution >= 0.6 is 0 Å². The van der Waals surface area contributed by atoms with Gasteiger partial charge in [0.1, 0.15) is 28.6 Å². The zero-order chi connectivity index (χ0) is 43.7. The van der Waals surface area contributed by atoms with Crippen molar-refractivity contribution in [1.82, 2.24) is 25.2 Å². The van der Waals surface area contributed by atoms with Crippen molar-refractivity contribution in [3.8, 4) is 23.0 Å². The fraction of sp³-hybridized carbons (Fsp3) is 0.474. The number of aryl methyl sites for hydroxylation is 1. The molecule has 4 aliphatic rings. The van der Waals surface area contributed by atoms with E-state index in [4.69, 9.17) is 29.5 Å². The maximum Gasteiger partial charge on any atom is 0.490 e. The number of carbonyl (C=O) groups is 3. The van der Waals surface area contributed by atoms with Gasteiger partial charge >= 0.3 is 30.3 Å². The summed E-state index contributed by atoms with van der Waals surface area (Å²) in [6.45, 7) is 4.40. The van der Waals surface area contributed by atoms with Crippen LogP contribution < -0.4 is 15.0 Å². The van der Waals surface area contributed by atoms with Crippen LogP contribution in [-0.2, 0) is 20.8 Å². The van der Waals surface area contributed by atoms with E-state index < -0.39 is 41.5 Å². The molecule has 2 aromatic carbocycles. The van der Waals surface area contributed by atoms with Crippen molar-refractivity contribution in [2.75, 3.05) is 45.2 Å². The Bertz CT molecular complexity index is 2230. The van der Waals surface area contributed by atoms with Crippen LogP contribution in [0.4, 0.5) is 40.9 Å². The van der Waals surface area contributed by atoms with Gasteiger partial charge in [-0.2, -0.15) is 36.3 Å². The number of carboxylic acid groups (broad SMARTS) is 2. The maximum absolute atomic E-state index is 16.8. The highest BCUT2D eigenvalue weighted by Crippen LogP contribution is 2.46. The van der Waals surface area contributed by atoms with Crippen LogP contribution in [0.1, 0.15) is 51.0 Å². The van der Waals surface area contributed by atoms with E-state index in [-0.39, 0.29) is 52.7 Å². The molecular weight excluding hydrogens is 804 g/mol. The predicted molar refractivity (Wildman–Crippen MR) is 196 cm³/mol. The van der Waals surface area contributed by atoms with Crippen LogP contribution in [0.25, 0.3) is 32.9 Å². The minimum atomic E-state index is -5.08. The lowest BCUT2D eigenvalue weighted by Gasteiger charge is -2.42. The van der Waals surface area contributed by atoms with Gasteiger partial charge in [0.05, 0.1) is 17.5 Å². The summed E-state index contributed by atoms with van der Waals surface area (Å²) in [5, 5.41) is 29.5. The van der Waals surface area contributed by atoms with Gasteiger partial charge in [-0.1, -0.05) is 6.07 Å². The van der Waals surface area contributed by atoms with Crippen LogP contribution in [0, 0.1) is 17.0 Å². The van der Waals surface area contributed by atoms with Crippen LogP contribution in [-0.4, -0.2) is 111 Å². The molecule has 1 saturated carbocycles. The van der Waals surface area contributed by atoms with Crippen LogP contribution in [0.2, 0.25) is 0 Å². The minimum Gasteiger partial charge on any atom is -0.508 e. The van der Waals surface area contributed by atoms with E-state index in [1.807, 2.05) is 21.0 Å². The molecule has 59 heavy (non-hydrogen) atoms. The summed E-state index contributed by atoms with van der Waals surface area (Å²) in [6.07, 6.45) is -4.13. The summed E-state index contributed by atoms with van der Waals surface area (Å²) >= 11 is 0. The van der Waals surface area contributed by atoms with Gasteiger partial charge in [-0.25, -0.2) is 18.4 Å². The molecule has 1 amide bonds. The van der Waals surface area contributed by atoms with Crippen molar-refractivity contribution >= 4 is 45.3 Å². The number of hydrogen-bond acceptors (Lipinski definition) is 10. The third-order valence-electron chi connectivity index (χ3n) is 9.92. The van der Waals surface area contributed by atoms with Gasteiger partial charge in [-0.3, -0.25) is 9.78 Å². The zero-order valence-electron chi connectivity index (χ0n) is 31.9. The molecular formula is C38H40F8N6O7. The number of rotatable bonds is 5. The molecule has 1 aliphatic carbocycles. The fourth-order valence-electron chi connectivity index (χ4n) is 7.21. The first kappa shape index (κ1) is 44.5. The molecule has 1 saturated heterocycles. The third kappa shape index (κ3) is 10.7. The Morgan fingerprint density at radius 1 is 0.966 bits per heavy atom. The van der Waals surface area contributed by atoms with Crippen molar-refractivity contribution in [3.63, 3.8) is 0 Å². The number of piperidine rings is 1. The number of fused-ring (bicyclic) bond motifs is 5. The Hall–Kier alpha value is -5.60. The van der Waals surface area contributed by atoms with E-state index in [1.54, 1.807) is 12.3 Å². The fourth-order valence-corrected chi connectivity index (χ4v) is 7.21. The van der Waals surface area contributed by atoms with Crippen LogP contribution in [0.3, 0.4) is 0 Å². The van der Waals surface area contributed by atoms with E-state index in [0.29, 0.717) is 53.7 Å². The number of carboxylic acids is 2. The second-order valence-corrected chi connectivity index (χ2v) is 15.3. The van der Waals surface area contributed by atoms with Crippen molar-refractivity contribution in [2.24, 2.45) is 5.41 Å². The van der Waals surface area contributed by atoms with Gasteiger partial charge in [0.25, 0.3) is 0 Å². The topological polar surface area (TPSA) is 178 Å². The Balaban J connectivity index is 0.000000407. The molecule has 4 N–H and O–H groups in total. The van der Waals surface area contributed by atoms with E-state index in [0.717, 1.165) is 32.2 Å². The number of halogens is 8. The predicted octanol–water partition coefficient (Wildman–Crippen LogP) is 6.63. The number of benzene rings is 2. The molecule has 6 bridgehead atoms. The standard InChI is InChI=1S/C34H38F2N6O3.2C2HF3O2/c1-33-10-5-13-42(17-33)31-24-16-37-29(28(36)30(24)38-32(39-31)45-19-34(11-12-34)18-41(2)3)23-15-21(43)14-20-8-9-25(35)22(27(20)23)6-4-7-26(44)40-33;2*3-2(4,5)1(6)7/h8-9,14-16,43H,4-7,10-13,17-19H2,1-3H3,(H,40,44);2*(H,6,7)/t33-;;/m1../s1. The Morgan fingerprint density at radius 2 is 1.61 bits per heavy atom. The number of carbonyl (C=O) groups excluding carboxylic acids is 1. The number of phenols is 1. The molecule has 0 spiro atoms. The Morgan fingerprint density at radius 3 is 2.20 bits per heavy atom. The second-order valence-electron chi connectivity index (χ2n) is 15.3. The molecule has 2 aromatic heterocycles. The molecule has 1 atom stereocenters. The molecule has 0 unspecified atom stereocenters. The van der Waals surface area contributed by atoms with Crippen molar-refractivity contribution < 1.29 is 69.6 Å². The highest BCUT2D eigenvalue weighted by atomic mass is 19.4. The first-order chi connectivity index (χ1) is 27.4. The number of ether oxygens (including phenoxy) is 1. The SMILES string of the molecule is CN(C)CC1(COc2nc3c4cnc(c(F)c4n2)-c2cc(O)cc4ccc(F)c(c24)CCCC(=O)N[C@]2(C)CCCN3C2)CC1.O=C(O)C(F)(F)F.O=C(O)C(F)(F)F. The summed E-state index contributed by atoms with van der Waals surface area (Å²) in [5.41, 5.74) is 0.0524. The minimum absolute atomic E-state index is 0.00657. The first-order valence-corrected chi connectivity index (χ1v) is 18.2. The number of anilines is 1. The lowest BCUT2D eigenvalue weighted by molar-refractivity contribution is -0.193. The number of amides is 1. The summed E-state index contributed by atoms with van der Waals surface area (Å²) in [6, 6.07) is 5.90. The van der Waals surface area contributed by atoms with Gasteiger partial charge in [0.15, 0.2) is 5.82 Å². The summed E-state index contributed by atoms with van der Waals surface area (Å²) < 4.78 is 102. The molecule has 8 rings (SSSR count). The third-order valence-corrected chi connectivity index (χ3v) is 9.92. The molecule has 320 valence electrons. The number of phenolic OH excluding ortho intramolecular Hbond substituents is 1. The highest BCUT2D eigenvalue weighted by Gasteiger charge is 2.44. The number of nitrogens with zero attached hydrogens (tertiary/aromatic N) is 5. The highest BCUT2D eigenvalue weighted by molar-refractivity contribution is 6.02. The van der Waals surface area contributed by atoms with E-state index in [2.05, 4.69) is 25.1 Å². The molecule has 4 aromatic rings. The smallest absolute Gasteiger partial charge is 0.490 e. The quantitative estimate of drug-likeness (QED) is 0.158.